The fourth-order valence-corrected chi connectivity index (χ4v) is 2.17. The van der Waals surface area contributed by atoms with Gasteiger partial charge in [0.2, 0.25) is 0 Å². The summed E-state index contributed by atoms with van der Waals surface area (Å²) in [6.45, 7) is 0. The summed E-state index contributed by atoms with van der Waals surface area (Å²) in [6.07, 6.45) is 2.03. The average molecular weight is 324 g/mol. The van der Waals surface area contributed by atoms with Crippen LogP contribution in [0.1, 0.15) is 24.4 Å². The zero-order chi connectivity index (χ0) is 11.9. The normalized spacial score (nSPS) is 16.1. The molecule has 1 aromatic carbocycles. The third-order valence-corrected chi connectivity index (χ3v) is 3.23. The molecule has 94 valence electrons. The summed E-state index contributed by atoms with van der Waals surface area (Å²) < 4.78 is 0.558. The van der Waals surface area contributed by atoms with E-state index >= 15 is 0 Å². The number of hydrogen-bond donors (Lipinski definition) is 2. The van der Waals surface area contributed by atoms with Crippen molar-refractivity contribution >= 4 is 34.0 Å². The second kappa shape index (κ2) is 5.20. The molecule has 0 radical (unpaired) electrons. The lowest BCUT2D eigenvalue weighted by Crippen LogP contribution is -2.13. The molecule has 17 heavy (non-hydrogen) atoms. The van der Waals surface area contributed by atoms with Crippen LogP contribution >= 0.6 is 28.3 Å². The van der Waals surface area contributed by atoms with Crippen LogP contribution in [0.3, 0.4) is 0 Å². The molecule has 0 amide bonds. The zero-order valence-electron chi connectivity index (χ0n) is 8.80. The van der Waals surface area contributed by atoms with E-state index in [1.807, 2.05) is 0 Å². The summed E-state index contributed by atoms with van der Waals surface area (Å²) in [4.78, 5) is 10.1. The standard InChI is InChI=1S/C10H11BrN2O3.ClH/c11-6-3-7(9(12)5-1-2-5)10(14)8(4-6)13(15)16;/h3-5,9,14H,1-2,12H2;1H/t9-;/m0./s1. The Morgan fingerprint density at radius 3 is 2.59 bits per heavy atom. The molecule has 1 fully saturated rings. The zero-order valence-corrected chi connectivity index (χ0v) is 11.2. The fourth-order valence-electron chi connectivity index (χ4n) is 1.71. The van der Waals surface area contributed by atoms with Crippen molar-refractivity contribution in [3.63, 3.8) is 0 Å². The van der Waals surface area contributed by atoms with Gasteiger partial charge in [-0.15, -0.1) is 12.4 Å². The van der Waals surface area contributed by atoms with Crippen molar-refractivity contribution in [2.24, 2.45) is 11.7 Å². The van der Waals surface area contributed by atoms with Crippen molar-refractivity contribution in [1.29, 1.82) is 0 Å². The number of phenols is 1. The van der Waals surface area contributed by atoms with Gasteiger partial charge in [-0.05, 0) is 24.8 Å². The van der Waals surface area contributed by atoms with E-state index in [2.05, 4.69) is 15.9 Å². The third kappa shape index (κ3) is 2.88. The lowest BCUT2D eigenvalue weighted by Gasteiger charge is -2.13. The van der Waals surface area contributed by atoms with Gasteiger partial charge in [0.25, 0.3) is 0 Å². The molecular weight excluding hydrogens is 311 g/mol. The van der Waals surface area contributed by atoms with Gasteiger partial charge in [-0.25, -0.2) is 0 Å². The topological polar surface area (TPSA) is 89.4 Å². The minimum absolute atomic E-state index is 0. The molecule has 7 heteroatoms. The largest absolute Gasteiger partial charge is 0.502 e. The lowest BCUT2D eigenvalue weighted by atomic mass is 10.0. The molecule has 0 aliphatic heterocycles. The molecule has 1 atom stereocenters. The molecule has 5 nitrogen and oxygen atoms in total. The van der Waals surface area contributed by atoms with Crippen molar-refractivity contribution in [2.75, 3.05) is 0 Å². The Bertz CT molecular complexity index is 451. The maximum atomic E-state index is 10.7. The molecule has 1 aliphatic rings. The van der Waals surface area contributed by atoms with Gasteiger partial charge in [0.1, 0.15) is 0 Å². The molecule has 0 unspecified atom stereocenters. The summed E-state index contributed by atoms with van der Waals surface area (Å²) in [5, 5.41) is 20.5. The highest BCUT2D eigenvalue weighted by molar-refractivity contribution is 9.10. The summed E-state index contributed by atoms with van der Waals surface area (Å²) >= 11 is 3.18. The first kappa shape index (κ1) is 14.2. The fraction of sp³-hybridized carbons (Fsp3) is 0.400. The second-order valence-electron chi connectivity index (χ2n) is 3.98. The van der Waals surface area contributed by atoms with Gasteiger partial charge in [0.15, 0.2) is 5.75 Å². The summed E-state index contributed by atoms with van der Waals surface area (Å²) in [5.41, 5.74) is 6.08. The maximum Gasteiger partial charge on any atom is 0.312 e. The van der Waals surface area contributed by atoms with Crippen LogP contribution in [-0.2, 0) is 0 Å². The van der Waals surface area contributed by atoms with Crippen LogP contribution in [0.4, 0.5) is 5.69 Å². The molecule has 0 saturated heterocycles. The predicted octanol–water partition coefficient (Wildman–Crippen LogP) is 2.89. The van der Waals surface area contributed by atoms with Crippen molar-refractivity contribution < 1.29 is 10.0 Å². The van der Waals surface area contributed by atoms with Gasteiger partial charge in [-0.1, -0.05) is 15.9 Å². The molecule has 1 saturated carbocycles. The first-order valence-electron chi connectivity index (χ1n) is 4.93. The molecule has 0 spiro atoms. The number of nitro benzene ring substituents is 1. The van der Waals surface area contributed by atoms with Gasteiger partial charge in [0, 0.05) is 22.1 Å². The van der Waals surface area contributed by atoms with Crippen molar-refractivity contribution in [1.82, 2.24) is 0 Å². The highest BCUT2D eigenvalue weighted by Gasteiger charge is 2.33. The minimum Gasteiger partial charge on any atom is -0.502 e. The number of rotatable bonds is 3. The molecule has 1 aliphatic carbocycles. The van der Waals surface area contributed by atoms with Gasteiger partial charge in [-0.3, -0.25) is 10.1 Å². The predicted molar refractivity (Wildman–Crippen MR) is 69.4 cm³/mol. The third-order valence-electron chi connectivity index (χ3n) is 2.77. The lowest BCUT2D eigenvalue weighted by molar-refractivity contribution is -0.386. The van der Waals surface area contributed by atoms with Crippen LogP contribution in [0, 0.1) is 16.0 Å². The first-order chi connectivity index (χ1) is 7.50. The Hall–Kier alpha value is -0.850. The van der Waals surface area contributed by atoms with Crippen molar-refractivity contribution in [2.45, 2.75) is 18.9 Å². The van der Waals surface area contributed by atoms with Crippen molar-refractivity contribution in [3.8, 4) is 5.75 Å². The Balaban J connectivity index is 0.00000144. The van der Waals surface area contributed by atoms with E-state index in [1.165, 1.54) is 6.07 Å². The van der Waals surface area contributed by atoms with Crippen LogP contribution in [0.25, 0.3) is 0 Å². The molecule has 0 bridgehead atoms. The van der Waals surface area contributed by atoms with E-state index < -0.39 is 4.92 Å². The van der Waals surface area contributed by atoms with Crippen LogP contribution < -0.4 is 5.73 Å². The second-order valence-corrected chi connectivity index (χ2v) is 4.90. The van der Waals surface area contributed by atoms with Crippen LogP contribution in [-0.4, -0.2) is 10.0 Å². The van der Waals surface area contributed by atoms with Crippen LogP contribution in [0.5, 0.6) is 5.75 Å². The Morgan fingerprint density at radius 2 is 2.12 bits per heavy atom. The minimum atomic E-state index is -0.608. The highest BCUT2D eigenvalue weighted by Crippen LogP contribution is 2.45. The van der Waals surface area contributed by atoms with E-state index in [4.69, 9.17) is 5.73 Å². The molecule has 2 rings (SSSR count). The highest BCUT2D eigenvalue weighted by atomic mass is 79.9. The van der Waals surface area contributed by atoms with Gasteiger partial charge in [-0.2, -0.15) is 0 Å². The molecule has 3 N–H and O–H groups in total. The van der Waals surface area contributed by atoms with Crippen LogP contribution in [0.15, 0.2) is 16.6 Å². The van der Waals surface area contributed by atoms with Gasteiger partial charge in [0.05, 0.1) is 4.92 Å². The number of halogens is 2. The number of phenolic OH excluding ortho intramolecular Hbond substituents is 1. The quantitative estimate of drug-likeness (QED) is 0.661. The SMILES string of the molecule is Cl.N[C@H](c1cc(Br)cc([N+](=O)[O-])c1O)C1CC1. The van der Waals surface area contributed by atoms with Crippen molar-refractivity contribution in [3.05, 3.63) is 32.3 Å². The molecule has 0 aromatic heterocycles. The van der Waals surface area contributed by atoms with E-state index in [0.717, 1.165) is 12.8 Å². The van der Waals surface area contributed by atoms with E-state index in [0.29, 0.717) is 16.0 Å². The van der Waals surface area contributed by atoms with Crippen LogP contribution in [0.2, 0.25) is 0 Å². The molecular formula is C10H12BrClN2O3. The molecule has 0 heterocycles. The Labute approximate surface area is 113 Å². The Morgan fingerprint density at radius 1 is 1.53 bits per heavy atom. The average Bonchev–Trinajstić information content (AvgIpc) is 3.03. The smallest absolute Gasteiger partial charge is 0.312 e. The number of aromatic hydroxyl groups is 1. The summed E-state index contributed by atoms with van der Waals surface area (Å²) in [6, 6.07) is 2.60. The number of nitrogens with zero attached hydrogens (tertiary/aromatic N) is 1. The summed E-state index contributed by atoms with van der Waals surface area (Å²) in [5.74, 6) is 0.0207. The number of nitro groups is 1. The number of nitrogens with two attached hydrogens (primary N) is 1. The van der Waals surface area contributed by atoms with Gasteiger partial charge >= 0.3 is 5.69 Å². The Kier molecular flexibility index (Phi) is 4.35. The maximum absolute atomic E-state index is 10.7. The van der Waals surface area contributed by atoms with E-state index in [1.54, 1.807) is 6.07 Å². The number of benzene rings is 1. The number of hydrogen-bond acceptors (Lipinski definition) is 4. The summed E-state index contributed by atoms with van der Waals surface area (Å²) in [7, 11) is 0. The van der Waals surface area contributed by atoms with E-state index in [-0.39, 0.29) is 29.9 Å². The monoisotopic (exact) mass is 322 g/mol. The molecule has 1 aromatic rings. The van der Waals surface area contributed by atoms with E-state index in [9.17, 15) is 15.2 Å². The first-order valence-corrected chi connectivity index (χ1v) is 5.72. The van der Waals surface area contributed by atoms with Gasteiger partial charge < -0.3 is 10.8 Å².